The number of carbonyl (C=O) groups excluding carboxylic acids is 2. The van der Waals surface area contributed by atoms with Gasteiger partial charge in [0, 0.05) is 6.42 Å². The highest BCUT2D eigenvalue weighted by Crippen LogP contribution is 2.09. The molecule has 140 valence electrons. The lowest BCUT2D eigenvalue weighted by Gasteiger charge is -2.23. The number of rotatable bonds is 8. The van der Waals surface area contributed by atoms with Crippen LogP contribution in [0.25, 0.3) is 0 Å². The SMILES string of the molecule is CC(C)(C)OC(=O)N[C@@H](CCOC(F)F)C(=O)OCc1ccccc1. The zero-order valence-electron chi connectivity index (χ0n) is 14.5. The summed E-state index contributed by atoms with van der Waals surface area (Å²) in [5, 5.41) is 2.32. The summed E-state index contributed by atoms with van der Waals surface area (Å²) in [6, 6.07) is 7.77. The van der Waals surface area contributed by atoms with Gasteiger partial charge in [-0.15, -0.1) is 0 Å². The van der Waals surface area contributed by atoms with Gasteiger partial charge in [0.1, 0.15) is 18.2 Å². The van der Waals surface area contributed by atoms with Gasteiger partial charge in [0.2, 0.25) is 0 Å². The van der Waals surface area contributed by atoms with E-state index in [0.717, 1.165) is 5.56 Å². The molecule has 0 aromatic heterocycles. The number of hydrogen-bond acceptors (Lipinski definition) is 5. The lowest BCUT2D eigenvalue weighted by atomic mass is 10.2. The second kappa shape index (κ2) is 9.93. The summed E-state index contributed by atoms with van der Waals surface area (Å²) in [7, 11) is 0. The van der Waals surface area contributed by atoms with E-state index >= 15 is 0 Å². The predicted molar refractivity (Wildman–Crippen MR) is 86.0 cm³/mol. The van der Waals surface area contributed by atoms with E-state index in [-0.39, 0.29) is 13.0 Å². The normalized spacial score (nSPS) is 12.6. The number of nitrogens with one attached hydrogen (secondary N) is 1. The van der Waals surface area contributed by atoms with Gasteiger partial charge in [-0.05, 0) is 26.3 Å². The predicted octanol–water partition coefficient (Wildman–Crippen LogP) is 3.25. The average molecular weight is 359 g/mol. The van der Waals surface area contributed by atoms with Crippen molar-refractivity contribution in [3.05, 3.63) is 35.9 Å². The summed E-state index contributed by atoms with van der Waals surface area (Å²) < 4.78 is 38.5. The standard InChI is InChI=1S/C17H23F2NO5/c1-17(2,3)25-16(22)20-13(9-10-23-15(18)19)14(21)24-11-12-7-5-4-6-8-12/h4-8,13,15H,9-11H2,1-3H3,(H,20,22)/t13-/m0/s1. The van der Waals surface area contributed by atoms with Gasteiger partial charge in [0.05, 0.1) is 6.61 Å². The molecule has 0 saturated heterocycles. The topological polar surface area (TPSA) is 73.9 Å². The molecule has 0 spiro atoms. The minimum atomic E-state index is -2.96. The highest BCUT2D eigenvalue weighted by Gasteiger charge is 2.26. The van der Waals surface area contributed by atoms with Crippen LogP contribution >= 0.6 is 0 Å². The fourth-order valence-corrected chi connectivity index (χ4v) is 1.80. The number of benzene rings is 1. The summed E-state index contributed by atoms with van der Waals surface area (Å²) in [4.78, 5) is 24.0. The molecule has 0 radical (unpaired) electrons. The summed E-state index contributed by atoms with van der Waals surface area (Å²) in [5.74, 6) is -0.757. The summed E-state index contributed by atoms with van der Waals surface area (Å²) in [6.45, 7) is 1.61. The van der Waals surface area contributed by atoms with Crippen LogP contribution in [-0.4, -0.2) is 36.9 Å². The number of esters is 1. The number of alkyl halides is 2. The van der Waals surface area contributed by atoms with Crippen molar-refractivity contribution in [1.82, 2.24) is 5.32 Å². The third-order valence-electron chi connectivity index (χ3n) is 2.85. The number of hydrogen-bond donors (Lipinski definition) is 1. The minimum Gasteiger partial charge on any atom is -0.459 e. The Morgan fingerprint density at radius 1 is 1.16 bits per heavy atom. The molecule has 0 aliphatic heterocycles. The molecule has 1 atom stereocenters. The number of carbonyl (C=O) groups is 2. The Morgan fingerprint density at radius 2 is 1.80 bits per heavy atom. The maximum absolute atomic E-state index is 12.2. The van der Waals surface area contributed by atoms with E-state index in [9.17, 15) is 18.4 Å². The first-order valence-electron chi connectivity index (χ1n) is 7.77. The quantitative estimate of drug-likeness (QED) is 0.721. The lowest BCUT2D eigenvalue weighted by molar-refractivity contribution is -0.151. The molecular weight excluding hydrogens is 336 g/mol. The molecule has 1 rings (SSSR count). The van der Waals surface area contributed by atoms with E-state index in [0.29, 0.717) is 0 Å². The Hall–Kier alpha value is -2.22. The molecule has 0 saturated carbocycles. The van der Waals surface area contributed by atoms with Crippen molar-refractivity contribution in [2.75, 3.05) is 6.61 Å². The van der Waals surface area contributed by atoms with E-state index in [1.165, 1.54) is 0 Å². The highest BCUT2D eigenvalue weighted by atomic mass is 19.3. The van der Waals surface area contributed by atoms with Gasteiger partial charge < -0.3 is 19.5 Å². The van der Waals surface area contributed by atoms with Gasteiger partial charge in [-0.25, -0.2) is 9.59 Å². The third-order valence-corrected chi connectivity index (χ3v) is 2.85. The molecule has 0 fully saturated rings. The molecular formula is C17H23F2NO5. The van der Waals surface area contributed by atoms with Crippen LogP contribution < -0.4 is 5.32 Å². The molecule has 1 aromatic rings. The van der Waals surface area contributed by atoms with Gasteiger partial charge in [-0.3, -0.25) is 0 Å². The van der Waals surface area contributed by atoms with Crippen LogP contribution in [0.2, 0.25) is 0 Å². The van der Waals surface area contributed by atoms with Crippen molar-refractivity contribution < 1.29 is 32.6 Å². The van der Waals surface area contributed by atoms with E-state index in [1.807, 2.05) is 6.07 Å². The molecule has 0 unspecified atom stereocenters. The number of ether oxygens (including phenoxy) is 3. The molecule has 1 N–H and O–H groups in total. The van der Waals surface area contributed by atoms with E-state index in [1.54, 1.807) is 45.0 Å². The lowest BCUT2D eigenvalue weighted by Crippen LogP contribution is -2.44. The molecule has 0 heterocycles. The Kier molecular flexibility index (Phi) is 8.27. The van der Waals surface area contributed by atoms with Gasteiger partial charge >= 0.3 is 18.7 Å². The fourth-order valence-electron chi connectivity index (χ4n) is 1.80. The molecule has 8 heteroatoms. The Labute approximate surface area is 145 Å². The molecule has 25 heavy (non-hydrogen) atoms. The average Bonchev–Trinajstić information content (AvgIpc) is 2.50. The zero-order valence-corrected chi connectivity index (χ0v) is 14.5. The maximum atomic E-state index is 12.2. The largest absolute Gasteiger partial charge is 0.459 e. The first-order chi connectivity index (χ1) is 11.7. The van der Waals surface area contributed by atoms with Crippen LogP contribution in [0.3, 0.4) is 0 Å². The molecule has 0 aliphatic rings. The molecule has 1 aromatic carbocycles. The number of halogens is 2. The van der Waals surface area contributed by atoms with Gasteiger partial charge in [-0.2, -0.15) is 8.78 Å². The number of alkyl carbamates (subject to hydrolysis) is 1. The van der Waals surface area contributed by atoms with Crippen LogP contribution in [0, 0.1) is 0 Å². The first-order valence-corrected chi connectivity index (χ1v) is 7.77. The highest BCUT2D eigenvalue weighted by molar-refractivity contribution is 5.81. The van der Waals surface area contributed by atoms with Crippen molar-refractivity contribution in [2.24, 2.45) is 0 Å². The van der Waals surface area contributed by atoms with Gasteiger partial charge in [-0.1, -0.05) is 30.3 Å². The molecule has 0 aliphatic carbocycles. The Bertz CT molecular complexity index is 546. The summed E-state index contributed by atoms with van der Waals surface area (Å²) >= 11 is 0. The van der Waals surface area contributed by atoms with Crippen LogP contribution in [0.5, 0.6) is 0 Å². The van der Waals surface area contributed by atoms with Crippen LogP contribution in [0.15, 0.2) is 30.3 Å². The van der Waals surface area contributed by atoms with Crippen molar-refractivity contribution >= 4 is 12.1 Å². The third kappa shape index (κ3) is 9.61. The number of amides is 1. The van der Waals surface area contributed by atoms with Crippen molar-refractivity contribution in [2.45, 2.75) is 52.1 Å². The van der Waals surface area contributed by atoms with Crippen LogP contribution in [0.1, 0.15) is 32.8 Å². The second-order valence-corrected chi connectivity index (χ2v) is 6.21. The molecule has 6 nitrogen and oxygen atoms in total. The monoisotopic (exact) mass is 359 g/mol. The molecule has 1 amide bonds. The van der Waals surface area contributed by atoms with E-state index in [2.05, 4.69) is 10.1 Å². The minimum absolute atomic E-state index is 0.00186. The summed E-state index contributed by atoms with van der Waals surface area (Å²) in [6.07, 6.45) is -1.01. The zero-order chi connectivity index (χ0) is 18.9. The van der Waals surface area contributed by atoms with Gasteiger partial charge in [0.25, 0.3) is 0 Å². The Balaban J connectivity index is 2.61. The smallest absolute Gasteiger partial charge is 0.408 e. The fraction of sp³-hybridized carbons (Fsp3) is 0.529. The van der Waals surface area contributed by atoms with Gasteiger partial charge in [0.15, 0.2) is 0 Å². The molecule has 0 bridgehead atoms. The van der Waals surface area contributed by atoms with Crippen molar-refractivity contribution in [1.29, 1.82) is 0 Å². The summed E-state index contributed by atoms with van der Waals surface area (Å²) in [5.41, 5.74) is -0.00195. The van der Waals surface area contributed by atoms with E-state index in [4.69, 9.17) is 9.47 Å². The second-order valence-electron chi connectivity index (χ2n) is 6.21. The van der Waals surface area contributed by atoms with Crippen LogP contribution in [0.4, 0.5) is 13.6 Å². The first kappa shape index (κ1) is 20.8. The van der Waals surface area contributed by atoms with Crippen molar-refractivity contribution in [3.8, 4) is 0 Å². The Morgan fingerprint density at radius 3 is 2.36 bits per heavy atom. The van der Waals surface area contributed by atoms with E-state index < -0.39 is 36.9 Å². The van der Waals surface area contributed by atoms with Crippen molar-refractivity contribution in [3.63, 3.8) is 0 Å². The van der Waals surface area contributed by atoms with Crippen LogP contribution in [-0.2, 0) is 25.6 Å². The maximum Gasteiger partial charge on any atom is 0.408 e.